The quantitative estimate of drug-likeness (QED) is 0.279. The zero-order valence-electron chi connectivity index (χ0n) is 18.5. The summed E-state index contributed by atoms with van der Waals surface area (Å²) in [5, 5.41) is 0. The Kier molecular flexibility index (Phi) is 4.70. The molecule has 0 spiro atoms. The Balaban J connectivity index is 1.63. The van der Waals surface area contributed by atoms with Gasteiger partial charge < -0.3 is 19.3 Å². The molecule has 0 amide bonds. The summed E-state index contributed by atoms with van der Waals surface area (Å²) < 4.78 is 12.4. The van der Waals surface area contributed by atoms with Crippen LogP contribution in [0.2, 0.25) is 0 Å². The summed E-state index contributed by atoms with van der Waals surface area (Å²) in [4.78, 5) is 4.43. The third-order valence-electron chi connectivity index (χ3n) is 5.99. The molecule has 0 fully saturated rings. The lowest BCUT2D eigenvalue weighted by Crippen LogP contribution is -2.25. The van der Waals surface area contributed by atoms with Crippen LogP contribution in [0.4, 0.5) is 28.4 Å². The Hall–Kier alpha value is -4.70. The van der Waals surface area contributed by atoms with Crippen molar-refractivity contribution in [2.45, 2.75) is 0 Å². The van der Waals surface area contributed by atoms with Crippen LogP contribution in [0.15, 0.2) is 134 Å². The van der Waals surface area contributed by atoms with Crippen molar-refractivity contribution < 1.29 is 9.47 Å². The minimum absolute atomic E-state index is 0.659. The number of fused-ring (bicyclic) bond motifs is 3. The number of nitrogens with zero attached hydrogens (tertiary/aromatic N) is 2. The second-order valence-electron chi connectivity index (χ2n) is 7.92. The molecular weight excluding hydrogens is 420 g/mol. The van der Waals surface area contributed by atoms with Gasteiger partial charge in [-0.05, 0) is 60.7 Å². The van der Waals surface area contributed by atoms with Crippen LogP contribution in [0.5, 0.6) is 17.2 Å². The normalized spacial score (nSPS) is 13.8. The largest absolute Gasteiger partial charge is 0.453 e. The number of para-hydroxylation sites is 8. The standard InChI is InChI=1S/C30H22N2O2/c1-3-21-27(4-2)33-28-18-10-7-15-24(28)31(21)22-13-5-6-14-23(22)32-25-16-8-11-19-29(25)34-30-20-12-9-17-26(30)32/h3-20H,1-2H2. The van der Waals surface area contributed by atoms with Gasteiger partial charge in [-0.2, -0.15) is 0 Å². The molecule has 0 radical (unpaired) electrons. The predicted molar refractivity (Wildman–Crippen MR) is 138 cm³/mol. The van der Waals surface area contributed by atoms with Gasteiger partial charge in [0, 0.05) is 0 Å². The van der Waals surface area contributed by atoms with Crippen molar-refractivity contribution >= 4 is 28.4 Å². The molecule has 4 heteroatoms. The van der Waals surface area contributed by atoms with Gasteiger partial charge in [-0.1, -0.05) is 61.7 Å². The van der Waals surface area contributed by atoms with Gasteiger partial charge in [0.2, 0.25) is 0 Å². The van der Waals surface area contributed by atoms with Gasteiger partial charge in [0.15, 0.2) is 23.0 Å². The van der Waals surface area contributed by atoms with Crippen LogP contribution >= 0.6 is 0 Å². The number of rotatable bonds is 4. The van der Waals surface area contributed by atoms with E-state index in [1.165, 1.54) is 0 Å². The fourth-order valence-electron chi connectivity index (χ4n) is 4.54. The molecule has 2 aliphatic heterocycles. The molecule has 0 aromatic heterocycles. The number of hydrogen-bond donors (Lipinski definition) is 0. The molecule has 164 valence electrons. The number of benzene rings is 4. The minimum atomic E-state index is 0.659. The van der Waals surface area contributed by atoms with Crippen molar-refractivity contribution in [1.82, 2.24) is 0 Å². The van der Waals surface area contributed by atoms with E-state index in [1.54, 1.807) is 6.08 Å². The van der Waals surface area contributed by atoms with Crippen molar-refractivity contribution in [3.05, 3.63) is 134 Å². The van der Waals surface area contributed by atoms with Crippen LogP contribution in [0, 0.1) is 0 Å². The second kappa shape index (κ2) is 8.01. The molecule has 0 N–H and O–H groups in total. The fraction of sp³-hybridized carbons (Fsp3) is 0. The first-order valence-corrected chi connectivity index (χ1v) is 11.1. The summed E-state index contributed by atoms with van der Waals surface area (Å²) in [5.74, 6) is 3.04. The minimum Gasteiger partial charge on any atom is -0.453 e. The number of hydrogen-bond acceptors (Lipinski definition) is 4. The zero-order chi connectivity index (χ0) is 23.1. The summed E-state index contributed by atoms with van der Waals surface area (Å²) in [5.41, 5.74) is 5.71. The van der Waals surface area contributed by atoms with Gasteiger partial charge >= 0.3 is 0 Å². The van der Waals surface area contributed by atoms with Crippen molar-refractivity contribution in [3.8, 4) is 17.2 Å². The van der Waals surface area contributed by atoms with Crippen molar-refractivity contribution in [2.24, 2.45) is 0 Å². The molecule has 2 heterocycles. The van der Waals surface area contributed by atoms with Gasteiger partial charge in [-0.15, -0.1) is 0 Å². The summed E-state index contributed by atoms with van der Waals surface area (Å²) in [6.07, 6.45) is 3.53. The highest BCUT2D eigenvalue weighted by Gasteiger charge is 2.31. The lowest BCUT2D eigenvalue weighted by molar-refractivity contribution is 0.431. The molecule has 0 saturated carbocycles. The molecule has 4 nitrogen and oxygen atoms in total. The molecular formula is C30H22N2O2. The SMILES string of the molecule is C=CC1=C(C=C)N(c2ccccc2N2c3ccccc3Oc3ccccc32)c2ccccc2O1. The lowest BCUT2D eigenvalue weighted by atomic mass is 10.1. The summed E-state index contributed by atoms with van der Waals surface area (Å²) >= 11 is 0. The molecule has 0 aliphatic carbocycles. The maximum Gasteiger partial charge on any atom is 0.151 e. The number of ether oxygens (including phenoxy) is 2. The highest BCUT2D eigenvalue weighted by molar-refractivity contribution is 5.94. The van der Waals surface area contributed by atoms with E-state index in [1.807, 2.05) is 66.7 Å². The Morgan fingerprint density at radius 2 is 0.882 bits per heavy atom. The highest BCUT2D eigenvalue weighted by Crippen LogP contribution is 2.54. The fourth-order valence-corrected chi connectivity index (χ4v) is 4.54. The van der Waals surface area contributed by atoms with Crippen LogP contribution in [0.1, 0.15) is 0 Å². The van der Waals surface area contributed by atoms with E-state index in [4.69, 9.17) is 9.47 Å². The lowest BCUT2D eigenvalue weighted by Gasteiger charge is -2.38. The van der Waals surface area contributed by atoms with Crippen LogP contribution in [-0.2, 0) is 0 Å². The van der Waals surface area contributed by atoms with Gasteiger partial charge in [0.25, 0.3) is 0 Å². The maximum atomic E-state index is 6.23. The van der Waals surface area contributed by atoms with E-state index >= 15 is 0 Å². The number of anilines is 5. The monoisotopic (exact) mass is 442 g/mol. The van der Waals surface area contributed by atoms with Crippen LogP contribution in [0.3, 0.4) is 0 Å². The van der Waals surface area contributed by atoms with E-state index in [0.29, 0.717) is 5.76 Å². The smallest absolute Gasteiger partial charge is 0.151 e. The van der Waals surface area contributed by atoms with E-state index < -0.39 is 0 Å². The van der Waals surface area contributed by atoms with E-state index in [9.17, 15) is 0 Å². The summed E-state index contributed by atoms with van der Waals surface area (Å²) in [7, 11) is 0. The molecule has 0 saturated heterocycles. The molecule has 6 rings (SSSR count). The molecule has 0 atom stereocenters. The van der Waals surface area contributed by atoms with Crippen molar-refractivity contribution in [1.29, 1.82) is 0 Å². The number of allylic oxidation sites excluding steroid dienone is 2. The van der Waals surface area contributed by atoms with Gasteiger partial charge in [-0.3, -0.25) is 0 Å². The average Bonchev–Trinajstić information content (AvgIpc) is 2.90. The van der Waals surface area contributed by atoms with Crippen LogP contribution < -0.4 is 19.3 Å². The maximum absolute atomic E-state index is 6.23. The van der Waals surface area contributed by atoms with E-state index in [2.05, 4.69) is 59.4 Å². The zero-order valence-corrected chi connectivity index (χ0v) is 18.5. The Morgan fingerprint density at radius 1 is 0.471 bits per heavy atom. The Bertz CT molecular complexity index is 1420. The van der Waals surface area contributed by atoms with Gasteiger partial charge in [-0.25, -0.2) is 0 Å². The molecule has 34 heavy (non-hydrogen) atoms. The predicted octanol–water partition coefficient (Wildman–Crippen LogP) is 8.38. The third-order valence-corrected chi connectivity index (χ3v) is 5.99. The molecule has 0 bridgehead atoms. The van der Waals surface area contributed by atoms with Crippen LogP contribution in [-0.4, -0.2) is 0 Å². The summed E-state index contributed by atoms with van der Waals surface area (Å²) in [6.45, 7) is 8.06. The van der Waals surface area contributed by atoms with Gasteiger partial charge in [0.1, 0.15) is 0 Å². The molecule has 2 aliphatic rings. The summed E-state index contributed by atoms with van der Waals surface area (Å²) in [6, 6.07) is 32.5. The van der Waals surface area contributed by atoms with Crippen LogP contribution in [0.25, 0.3) is 0 Å². The molecule has 4 aromatic carbocycles. The van der Waals surface area contributed by atoms with E-state index in [-0.39, 0.29) is 0 Å². The highest BCUT2D eigenvalue weighted by atomic mass is 16.5. The van der Waals surface area contributed by atoms with Crippen molar-refractivity contribution in [2.75, 3.05) is 9.80 Å². The second-order valence-corrected chi connectivity index (χ2v) is 7.92. The first-order valence-electron chi connectivity index (χ1n) is 11.1. The van der Waals surface area contributed by atoms with E-state index in [0.717, 1.165) is 51.4 Å². The first-order chi connectivity index (χ1) is 16.8. The third kappa shape index (κ3) is 3.00. The Morgan fingerprint density at radius 3 is 1.38 bits per heavy atom. The average molecular weight is 443 g/mol. The topological polar surface area (TPSA) is 24.9 Å². The molecule has 0 unspecified atom stereocenters. The first kappa shape index (κ1) is 19.9. The Labute approximate surface area is 198 Å². The van der Waals surface area contributed by atoms with Gasteiger partial charge in [0.05, 0.1) is 34.1 Å². The molecule has 4 aromatic rings. The van der Waals surface area contributed by atoms with Crippen molar-refractivity contribution in [3.63, 3.8) is 0 Å².